The van der Waals surface area contributed by atoms with Crippen molar-refractivity contribution < 1.29 is 12.8 Å². The molecule has 0 spiro atoms. The zero-order chi connectivity index (χ0) is 15.3. The molecule has 0 saturated heterocycles. The summed E-state index contributed by atoms with van der Waals surface area (Å²) in [6.45, 7) is 3.58. The fraction of sp³-hybridized carbons (Fsp3) is 0.286. The molecule has 5 nitrogen and oxygen atoms in total. The molecule has 0 fully saturated rings. The average molecular weight is 373 g/mol. The van der Waals surface area contributed by atoms with Crippen LogP contribution >= 0.6 is 15.9 Å². The second-order valence-corrected chi connectivity index (χ2v) is 7.04. The van der Waals surface area contributed by atoms with Crippen molar-refractivity contribution in [2.45, 2.75) is 24.9 Å². The van der Waals surface area contributed by atoms with Gasteiger partial charge in [-0.05, 0) is 52.3 Å². The number of halogens is 1. The number of rotatable bonds is 7. The predicted molar refractivity (Wildman–Crippen MR) is 84.3 cm³/mol. The van der Waals surface area contributed by atoms with E-state index in [1.807, 2.05) is 13.0 Å². The van der Waals surface area contributed by atoms with Crippen LogP contribution in [0.4, 0.5) is 0 Å². The molecular formula is C14H17BrN2O3S. The topological polar surface area (TPSA) is 71.3 Å². The van der Waals surface area contributed by atoms with Gasteiger partial charge >= 0.3 is 0 Å². The Kier molecular flexibility index (Phi) is 5.58. The molecule has 0 aliphatic carbocycles. The highest BCUT2D eigenvalue weighted by Crippen LogP contribution is 2.23. The molecule has 1 aromatic carbocycles. The van der Waals surface area contributed by atoms with E-state index in [4.69, 9.17) is 4.42 Å². The quantitative estimate of drug-likeness (QED) is 0.783. The van der Waals surface area contributed by atoms with E-state index in [1.165, 1.54) is 6.26 Å². The van der Waals surface area contributed by atoms with Gasteiger partial charge in [-0.15, -0.1) is 0 Å². The minimum atomic E-state index is -3.60. The van der Waals surface area contributed by atoms with E-state index in [9.17, 15) is 8.42 Å². The highest BCUT2D eigenvalue weighted by atomic mass is 79.9. The third-order valence-corrected chi connectivity index (χ3v) is 5.28. The van der Waals surface area contributed by atoms with E-state index >= 15 is 0 Å². The Morgan fingerprint density at radius 2 is 2.05 bits per heavy atom. The first-order valence-corrected chi connectivity index (χ1v) is 8.81. The molecular weight excluding hydrogens is 356 g/mol. The first kappa shape index (κ1) is 16.2. The van der Waals surface area contributed by atoms with E-state index in [2.05, 4.69) is 26.0 Å². The van der Waals surface area contributed by atoms with Crippen molar-refractivity contribution in [1.29, 1.82) is 0 Å². The van der Waals surface area contributed by atoms with Crippen LogP contribution in [0.2, 0.25) is 0 Å². The Labute approximate surface area is 132 Å². The zero-order valence-corrected chi connectivity index (χ0v) is 14.0. The van der Waals surface area contributed by atoms with Gasteiger partial charge in [-0.3, -0.25) is 0 Å². The van der Waals surface area contributed by atoms with Crippen LogP contribution in [0, 0.1) is 0 Å². The van der Waals surface area contributed by atoms with E-state index in [-0.39, 0.29) is 11.4 Å². The van der Waals surface area contributed by atoms with Crippen molar-refractivity contribution in [2.75, 3.05) is 6.54 Å². The van der Waals surface area contributed by atoms with Crippen molar-refractivity contribution in [3.05, 3.63) is 52.4 Å². The molecule has 0 aliphatic heterocycles. The van der Waals surface area contributed by atoms with E-state index < -0.39 is 10.0 Å². The lowest BCUT2D eigenvalue weighted by molar-refractivity contribution is 0.498. The first-order valence-electron chi connectivity index (χ1n) is 6.54. The van der Waals surface area contributed by atoms with Crippen LogP contribution < -0.4 is 10.0 Å². The Morgan fingerprint density at radius 1 is 1.24 bits per heavy atom. The van der Waals surface area contributed by atoms with Gasteiger partial charge in [-0.2, -0.15) is 0 Å². The summed E-state index contributed by atoms with van der Waals surface area (Å²) in [7, 11) is -3.60. The highest BCUT2D eigenvalue weighted by Gasteiger charge is 2.18. The standard InChI is InChI=1S/C14H17BrN2O3S/c1-2-16-9-11-5-6-13(15)14(8-11)21(18,19)17-10-12-4-3-7-20-12/h3-8,16-17H,2,9-10H2,1H3. The monoisotopic (exact) mass is 372 g/mol. The summed E-state index contributed by atoms with van der Waals surface area (Å²) in [4.78, 5) is 0.226. The van der Waals surface area contributed by atoms with Crippen molar-refractivity contribution >= 4 is 26.0 Å². The van der Waals surface area contributed by atoms with Crippen molar-refractivity contribution in [2.24, 2.45) is 0 Å². The number of hydrogen-bond acceptors (Lipinski definition) is 4. The second kappa shape index (κ2) is 7.22. The van der Waals surface area contributed by atoms with Crippen molar-refractivity contribution in [3.8, 4) is 0 Å². The largest absolute Gasteiger partial charge is 0.468 e. The third-order valence-electron chi connectivity index (χ3n) is 2.88. The van der Waals surface area contributed by atoms with E-state index in [1.54, 1.807) is 24.3 Å². The van der Waals surface area contributed by atoms with Crippen molar-refractivity contribution in [1.82, 2.24) is 10.0 Å². The molecule has 0 radical (unpaired) electrons. The Bertz CT molecular complexity index is 684. The SMILES string of the molecule is CCNCc1ccc(Br)c(S(=O)(=O)NCc2ccco2)c1. The maximum absolute atomic E-state index is 12.4. The predicted octanol–water partition coefficient (Wildman–Crippen LogP) is 2.63. The van der Waals surface area contributed by atoms with Crippen LogP contribution in [0.15, 0.2) is 50.4 Å². The normalized spacial score (nSPS) is 11.7. The molecule has 0 atom stereocenters. The maximum atomic E-state index is 12.4. The highest BCUT2D eigenvalue weighted by molar-refractivity contribution is 9.10. The lowest BCUT2D eigenvalue weighted by atomic mass is 10.2. The average Bonchev–Trinajstić information content (AvgIpc) is 2.97. The van der Waals surface area contributed by atoms with Gasteiger partial charge in [0.2, 0.25) is 10.0 Å². The Morgan fingerprint density at radius 3 is 2.71 bits per heavy atom. The zero-order valence-electron chi connectivity index (χ0n) is 11.6. The van der Waals surface area contributed by atoms with Crippen LogP contribution in [-0.2, 0) is 23.1 Å². The second-order valence-electron chi connectivity index (χ2n) is 4.45. The minimum absolute atomic E-state index is 0.124. The summed E-state index contributed by atoms with van der Waals surface area (Å²) in [6, 6.07) is 8.74. The van der Waals surface area contributed by atoms with Crippen LogP contribution in [0.5, 0.6) is 0 Å². The number of benzene rings is 1. The summed E-state index contributed by atoms with van der Waals surface area (Å²) in [5.74, 6) is 0.568. The molecule has 0 unspecified atom stereocenters. The van der Waals surface area contributed by atoms with E-state index in [0.29, 0.717) is 16.8 Å². The summed E-state index contributed by atoms with van der Waals surface area (Å²) in [5.41, 5.74) is 0.915. The molecule has 0 saturated carbocycles. The summed E-state index contributed by atoms with van der Waals surface area (Å²) in [6.07, 6.45) is 1.51. The summed E-state index contributed by atoms with van der Waals surface area (Å²) < 4.78 is 32.9. The van der Waals surface area contributed by atoms with Gasteiger partial charge in [0.25, 0.3) is 0 Å². The summed E-state index contributed by atoms with van der Waals surface area (Å²) in [5, 5.41) is 3.17. The van der Waals surface area contributed by atoms with Gasteiger partial charge in [-0.1, -0.05) is 13.0 Å². The number of nitrogens with one attached hydrogen (secondary N) is 2. The summed E-state index contributed by atoms with van der Waals surface area (Å²) >= 11 is 3.29. The molecule has 0 amide bonds. The molecule has 0 bridgehead atoms. The van der Waals surface area contributed by atoms with Crippen LogP contribution in [0.1, 0.15) is 18.2 Å². The van der Waals surface area contributed by atoms with Crippen LogP contribution in [0.25, 0.3) is 0 Å². The van der Waals surface area contributed by atoms with Gasteiger partial charge < -0.3 is 9.73 Å². The Balaban J connectivity index is 2.17. The Hall–Kier alpha value is -1.15. The molecule has 2 aromatic rings. The number of sulfonamides is 1. The minimum Gasteiger partial charge on any atom is -0.468 e. The lowest BCUT2D eigenvalue weighted by Crippen LogP contribution is -2.23. The number of hydrogen-bond donors (Lipinski definition) is 2. The molecule has 0 aliphatic rings. The maximum Gasteiger partial charge on any atom is 0.242 e. The molecule has 1 aromatic heterocycles. The van der Waals surface area contributed by atoms with Gasteiger partial charge in [0.15, 0.2) is 0 Å². The lowest BCUT2D eigenvalue weighted by Gasteiger charge is -2.10. The molecule has 2 N–H and O–H groups in total. The van der Waals surface area contributed by atoms with Gasteiger partial charge in [0, 0.05) is 11.0 Å². The molecule has 7 heteroatoms. The molecule has 1 heterocycles. The smallest absolute Gasteiger partial charge is 0.242 e. The van der Waals surface area contributed by atoms with Gasteiger partial charge in [-0.25, -0.2) is 13.1 Å². The third kappa shape index (κ3) is 4.41. The van der Waals surface area contributed by atoms with Crippen LogP contribution in [-0.4, -0.2) is 15.0 Å². The fourth-order valence-corrected chi connectivity index (χ4v) is 3.80. The van der Waals surface area contributed by atoms with Crippen LogP contribution in [0.3, 0.4) is 0 Å². The van der Waals surface area contributed by atoms with E-state index in [0.717, 1.165) is 12.1 Å². The van der Waals surface area contributed by atoms with Gasteiger partial charge in [0.1, 0.15) is 5.76 Å². The number of furan rings is 1. The van der Waals surface area contributed by atoms with Crippen molar-refractivity contribution in [3.63, 3.8) is 0 Å². The van der Waals surface area contributed by atoms with Gasteiger partial charge in [0.05, 0.1) is 17.7 Å². The fourth-order valence-electron chi connectivity index (χ4n) is 1.79. The molecule has 21 heavy (non-hydrogen) atoms. The molecule has 114 valence electrons. The first-order chi connectivity index (χ1) is 10.0. The molecule has 2 rings (SSSR count).